The summed E-state index contributed by atoms with van der Waals surface area (Å²) in [4.78, 5) is 5.14. The summed E-state index contributed by atoms with van der Waals surface area (Å²) < 4.78 is 2.59. The first-order valence-electron chi connectivity index (χ1n) is 17.2. The fraction of sp³-hybridized carbons (Fsp3) is 0.182. The van der Waals surface area contributed by atoms with Crippen LogP contribution in [-0.2, 0) is 5.41 Å². The van der Waals surface area contributed by atoms with Crippen molar-refractivity contribution >= 4 is 73.3 Å². The highest BCUT2D eigenvalue weighted by Gasteiger charge is 2.56. The van der Waals surface area contributed by atoms with Crippen LogP contribution in [0.25, 0.3) is 27.5 Å². The number of hydrogen-bond donors (Lipinski definition) is 0. The molecule has 232 valence electrons. The average Bonchev–Trinajstić information content (AvgIpc) is 3.48. The zero-order valence-corrected chi connectivity index (χ0v) is 28.5. The maximum absolute atomic E-state index is 2.71. The van der Waals surface area contributed by atoms with Gasteiger partial charge in [-0.3, -0.25) is 0 Å². The predicted octanol–water partition coefficient (Wildman–Crippen LogP) is 9.22. The maximum Gasteiger partial charge on any atom is 0.252 e. The third-order valence-electron chi connectivity index (χ3n) is 12.0. The van der Waals surface area contributed by atoms with Gasteiger partial charge in [-0.15, -0.1) is 0 Å². The van der Waals surface area contributed by atoms with Gasteiger partial charge in [-0.1, -0.05) is 91.7 Å². The summed E-state index contributed by atoms with van der Waals surface area (Å²) in [6.07, 6.45) is 0. The molecule has 3 nitrogen and oxygen atoms in total. The molecule has 4 heterocycles. The van der Waals surface area contributed by atoms with Gasteiger partial charge in [0.1, 0.15) is 0 Å². The molecule has 7 aromatic rings. The van der Waals surface area contributed by atoms with Gasteiger partial charge in [-0.05, 0) is 104 Å². The van der Waals surface area contributed by atoms with Crippen LogP contribution in [0.4, 0.5) is 28.4 Å². The Morgan fingerprint density at radius 2 is 1.25 bits per heavy atom. The summed E-state index contributed by atoms with van der Waals surface area (Å²) in [7, 11) is 0. The molecular formula is C44H38BN3. The van der Waals surface area contributed by atoms with E-state index < -0.39 is 0 Å². The number of aromatic nitrogens is 1. The second kappa shape index (κ2) is 9.23. The summed E-state index contributed by atoms with van der Waals surface area (Å²) >= 11 is 0. The van der Waals surface area contributed by atoms with Crippen molar-refractivity contribution in [3.8, 4) is 5.69 Å². The minimum Gasteiger partial charge on any atom is -0.335 e. The lowest BCUT2D eigenvalue weighted by molar-refractivity contribution is 0.330. The molecule has 4 heteroatoms. The zero-order valence-electron chi connectivity index (χ0n) is 28.5. The molecule has 0 saturated carbocycles. The lowest BCUT2D eigenvalue weighted by Gasteiger charge is -2.47. The minimum atomic E-state index is -0.162. The van der Waals surface area contributed by atoms with Gasteiger partial charge in [-0.2, -0.15) is 0 Å². The molecule has 1 aromatic heterocycles. The standard InChI is InChI=1S/C44H38BN3/c1-27-20-21-37-32(22-27)33-23-28(2)24-36-41(33)47(37)38-25-31(46(29-14-9-7-10-15-29)30-16-11-8-12-17-30)26-39-40(38)45(36)35-19-13-18-34-42(35)48(39)44(5,6)43(34,3)4/h7-26H,1-6H3. The number of fused-ring (bicyclic) bond motifs is 7. The van der Waals surface area contributed by atoms with E-state index in [0.717, 1.165) is 11.4 Å². The zero-order chi connectivity index (χ0) is 32.7. The van der Waals surface area contributed by atoms with E-state index >= 15 is 0 Å². The first-order chi connectivity index (χ1) is 23.2. The van der Waals surface area contributed by atoms with Gasteiger partial charge in [0.05, 0.1) is 11.2 Å². The lowest BCUT2D eigenvalue weighted by atomic mass is 9.33. The van der Waals surface area contributed by atoms with Gasteiger partial charge < -0.3 is 14.4 Å². The van der Waals surface area contributed by atoms with Crippen LogP contribution >= 0.6 is 0 Å². The molecule has 0 spiro atoms. The summed E-state index contributed by atoms with van der Waals surface area (Å²) in [6, 6.07) is 45.6. The summed E-state index contributed by atoms with van der Waals surface area (Å²) in [5.41, 5.74) is 18.1. The number of aryl methyl sites for hydroxylation is 2. The third-order valence-corrected chi connectivity index (χ3v) is 12.0. The summed E-state index contributed by atoms with van der Waals surface area (Å²) in [5, 5.41) is 2.68. The van der Waals surface area contributed by atoms with E-state index in [1.807, 2.05) is 0 Å². The minimum absolute atomic E-state index is 0.0608. The van der Waals surface area contributed by atoms with Gasteiger partial charge in [0.25, 0.3) is 6.71 Å². The number of nitrogens with zero attached hydrogens (tertiary/aromatic N) is 3. The fourth-order valence-electron chi connectivity index (χ4n) is 9.25. The second-order valence-electron chi connectivity index (χ2n) is 15.2. The topological polar surface area (TPSA) is 11.4 Å². The van der Waals surface area contributed by atoms with E-state index in [1.54, 1.807) is 0 Å². The largest absolute Gasteiger partial charge is 0.335 e. The molecule has 0 N–H and O–H groups in total. The van der Waals surface area contributed by atoms with Crippen molar-refractivity contribution in [2.45, 2.75) is 52.5 Å². The molecule has 10 rings (SSSR count). The smallest absolute Gasteiger partial charge is 0.252 e. The average molecular weight is 620 g/mol. The predicted molar refractivity (Wildman–Crippen MR) is 205 cm³/mol. The van der Waals surface area contributed by atoms with E-state index in [1.165, 1.54) is 77.6 Å². The maximum atomic E-state index is 2.71. The van der Waals surface area contributed by atoms with Gasteiger partial charge in [-0.25, -0.2) is 0 Å². The number of rotatable bonds is 3. The Hall–Kier alpha value is -5.22. The van der Waals surface area contributed by atoms with Crippen molar-refractivity contribution in [3.63, 3.8) is 0 Å². The molecular weight excluding hydrogens is 581 g/mol. The van der Waals surface area contributed by atoms with Crippen LogP contribution < -0.4 is 26.2 Å². The first-order valence-corrected chi connectivity index (χ1v) is 17.2. The van der Waals surface area contributed by atoms with Crippen molar-refractivity contribution in [2.24, 2.45) is 0 Å². The van der Waals surface area contributed by atoms with E-state index in [2.05, 4.69) is 177 Å². The Labute approximate surface area is 283 Å². The Morgan fingerprint density at radius 3 is 1.96 bits per heavy atom. The molecule has 6 aromatic carbocycles. The number of anilines is 5. The fourth-order valence-corrected chi connectivity index (χ4v) is 9.25. The van der Waals surface area contributed by atoms with Crippen molar-refractivity contribution in [1.29, 1.82) is 0 Å². The van der Waals surface area contributed by atoms with E-state index in [4.69, 9.17) is 0 Å². The summed E-state index contributed by atoms with van der Waals surface area (Å²) in [5.74, 6) is 0. The summed E-state index contributed by atoms with van der Waals surface area (Å²) in [6.45, 7) is 14.4. The second-order valence-corrected chi connectivity index (χ2v) is 15.2. The molecule has 0 saturated heterocycles. The van der Waals surface area contributed by atoms with Crippen molar-refractivity contribution in [3.05, 3.63) is 138 Å². The van der Waals surface area contributed by atoms with Crippen LogP contribution in [0.5, 0.6) is 0 Å². The van der Waals surface area contributed by atoms with Gasteiger partial charge in [0.15, 0.2) is 0 Å². The Morgan fingerprint density at radius 1 is 0.583 bits per heavy atom. The van der Waals surface area contributed by atoms with Crippen molar-refractivity contribution in [1.82, 2.24) is 4.57 Å². The van der Waals surface area contributed by atoms with Crippen LogP contribution in [0.1, 0.15) is 44.4 Å². The molecule has 0 atom stereocenters. The SMILES string of the molecule is Cc1ccc2c(c1)c1cc(C)cc3c1n2-c1cc(N(c2ccccc2)c2ccccc2)cc2c1B3c1cccc3c1N2C(C)(C)C3(C)C. The lowest BCUT2D eigenvalue weighted by Crippen LogP contribution is -2.63. The molecule has 0 fully saturated rings. The van der Waals surface area contributed by atoms with Crippen LogP contribution in [0, 0.1) is 13.8 Å². The molecule has 0 radical (unpaired) electrons. The van der Waals surface area contributed by atoms with Crippen LogP contribution in [0.15, 0.2) is 121 Å². The quantitative estimate of drug-likeness (QED) is 0.183. The number of benzene rings is 6. The first kappa shape index (κ1) is 27.9. The van der Waals surface area contributed by atoms with Crippen LogP contribution in [0.2, 0.25) is 0 Å². The number of para-hydroxylation sites is 3. The van der Waals surface area contributed by atoms with Gasteiger partial charge >= 0.3 is 0 Å². The highest BCUT2D eigenvalue weighted by Crippen LogP contribution is 2.56. The van der Waals surface area contributed by atoms with Crippen LogP contribution in [0.3, 0.4) is 0 Å². The molecule has 0 bridgehead atoms. The third kappa shape index (κ3) is 3.35. The normalized spacial score (nSPS) is 16.0. The molecule has 3 aliphatic rings. The highest BCUT2D eigenvalue weighted by molar-refractivity contribution is 7.00. The molecule has 0 unspecified atom stereocenters. The van der Waals surface area contributed by atoms with Gasteiger partial charge in [0.2, 0.25) is 0 Å². The molecule has 0 aliphatic carbocycles. The Balaban J connectivity index is 1.40. The molecule has 0 amide bonds. The van der Waals surface area contributed by atoms with Gasteiger partial charge in [0, 0.05) is 55.7 Å². The number of hydrogen-bond acceptors (Lipinski definition) is 2. The monoisotopic (exact) mass is 619 g/mol. The van der Waals surface area contributed by atoms with E-state index in [-0.39, 0.29) is 17.7 Å². The Kier molecular flexibility index (Phi) is 5.36. The van der Waals surface area contributed by atoms with Crippen LogP contribution in [-0.4, -0.2) is 16.8 Å². The Bertz CT molecular complexity index is 2450. The molecule has 48 heavy (non-hydrogen) atoms. The molecule has 3 aliphatic heterocycles. The highest BCUT2D eigenvalue weighted by atomic mass is 15.3. The van der Waals surface area contributed by atoms with Crippen molar-refractivity contribution in [2.75, 3.05) is 9.80 Å². The van der Waals surface area contributed by atoms with E-state index in [9.17, 15) is 0 Å². The van der Waals surface area contributed by atoms with E-state index in [0.29, 0.717) is 0 Å². The van der Waals surface area contributed by atoms with Crippen molar-refractivity contribution < 1.29 is 0 Å².